The largest absolute Gasteiger partial charge is 0.489 e. The van der Waals surface area contributed by atoms with E-state index in [2.05, 4.69) is 20.9 Å². The van der Waals surface area contributed by atoms with E-state index in [9.17, 15) is 4.79 Å². The standard InChI is InChI=1S/C13H17BrN2O3/c1-9(19-11-2-3-12(14)15-8-11)10-4-6-16(7-5-10)13(17)18/h2-3,8-10H,4-7H2,1H3,(H,17,18). The van der Waals surface area contributed by atoms with Crippen molar-refractivity contribution in [3.8, 4) is 5.75 Å². The molecule has 1 aliphatic heterocycles. The fourth-order valence-corrected chi connectivity index (χ4v) is 2.54. The predicted molar refractivity (Wildman–Crippen MR) is 74.3 cm³/mol. The third-order valence-corrected chi connectivity index (χ3v) is 3.97. The molecule has 5 nitrogen and oxygen atoms in total. The lowest BCUT2D eigenvalue weighted by molar-refractivity contribution is 0.0811. The maximum Gasteiger partial charge on any atom is 0.407 e. The fraction of sp³-hybridized carbons (Fsp3) is 0.538. The number of carboxylic acid groups (broad SMARTS) is 1. The number of rotatable bonds is 3. The minimum atomic E-state index is -0.830. The Morgan fingerprint density at radius 2 is 2.21 bits per heavy atom. The van der Waals surface area contributed by atoms with Gasteiger partial charge in [-0.1, -0.05) is 0 Å². The smallest absolute Gasteiger partial charge is 0.407 e. The number of likely N-dealkylation sites (tertiary alicyclic amines) is 1. The van der Waals surface area contributed by atoms with Gasteiger partial charge in [-0.3, -0.25) is 0 Å². The van der Waals surface area contributed by atoms with Crippen LogP contribution >= 0.6 is 15.9 Å². The second kappa shape index (κ2) is 6.23. The van der Waals surface area contributed by atoms with Crippen molar-refractivity contribution in [1.82, 2.24) is 9.88 Å². The Morgan fingerprint density at radius 3 is 2.74 bits per heavy atom. The van der Waals surface area contributed by atoms with E-state index in [1.165, 1.54) is 4.90 Å². The molecule has 104 valence electrons. The van der Waals surface area contributed by atoms with Crippen LogP contribution in [0.2, 0.25) is 0 Å². The minimum absolute atomic E-state index is 0.0684. The molecular weight excluding hydrogens is 312 g/mol. The molecule has 1 fully saturated rings. The fourth-order valence-electron chi connectivity index (χ4n) is 2.30. The monoisotopic (exact) mass is 328 g/mol. The summed E-state index contributed by atoms with van der Waals surface area (Å²) in [6, 6.07) is 3.72. The predicted octanol–water partition coefficient (Wildman–Crippen LogP) is 3.00. The quantitative estimate of drug-likeness (QED) is 0.866. The van der Waals surface area contributed by atoms with E-state index in [1.807, 2.05) is 19.1 Å². The number of halogens is 1. The average molecular weight is 329 g/mol. The number of ether oxygens (including phenoxy) is 1. The van der Waals surface area contributed by atoms with Gasteiger partial charge in [0.2, 0.25) is 0 Å². The van der Waals surface area contributed by atoms with Crippen LogP contribution in [0, 0.1) is 5.92 Å². The van der Waals surface area contributed by atoms with Crippen LogP contribution in [0.3, 0.4) is 0 Å². The zero-order chi connectivity index (χ0) is 13.8. The highest BCUT2D eigenvalue weighted by Gasteiger charge is 2.27. The lowest BCUT2D eigenvalue weighted by Gasteiger charge is -2.33. The molecule has 0 aliphatic carbocycles. The molecule has 0 bridgehead atoms. The van der Waals surface area contributed by atoms with Gasteiger partial charge < -0.3 is 14.7 Å². The normalized spacial score (nSPS) is 18.1. The van der Waals surface area contributed by atoms with Crippen molar-refractivity contribution in [2.45, 2.75) is 25.9 Å². The summed E-state index contributed by atoms with van der Waals surface area (Å²) < 4.78 is 6.64. The van der Waals surface area contributed by atoms with Gasteiger partial charge in [-0.25, -0.2) is 9.78 Å². The lowest BCUT2D eigenvalue weighted by atomic mass is 9.92. The molecule has 1 amide bonds. The van der Waals surface area contributed by atoms with Crippen molar-refractivity contribution in [2.75, 3.05) is 13.1 Å². The second-order valence-electron chi connectivity index (χ2n) is 4.75. The van der Waals surface area contributed by atoms with Crippen LogP contribution in [0.15, 0.2) is 22.9 Å². The summed E-state index contributed by atoms with van der Waals surface area (Å²) in [6.07, 6.45) is 2.62. The Morgan fingerprint density at radius 1 is 1.53 bits per heavy atom. The highest BCUT2D eigenvalue weighted by Crippen LogP contribution is 2.24. The molecular formula is C13H17BrN2O3. The molecule has 1 aliphatic rings. The summed E-state index contributed by atoms with van der Waals surface area (Å²) in [7, 11) is 0. The van der Waals surface area contributed by atoms with Gasteiger partial charge in [-0.15, -0.1) is 0 Å². The summed E-state index contributed by atoms with van der Waals surface area (Å²) >= 11 is 3.28. The Bertz CT molecular complexity index is 430. The first-order valence-electron chi connectivity index (χ1n) is 6.32. The summed E-state index contributed by atoms with van der Waals surface area (Å²) in [5.41, 5.74) is 0. The molecule has 6 heteroatoms. The summed E-state index contributed by atoms with van der Waals surface area (Å²) in [6.45, 7) is 3.21. The number of pyridine rings is 1. The Hall–Kier alpha value is -1.30. The van der Waals surface area contributed by atoms with Crippen molar-refractivity contribution in [2.24, 2.45) is 5.92 Å². The van der Waals surface area contributed by atoms with Gasteiger partial charge in [0.1, 0.15) is 10.4 Å². The summed E-state index contributed by atoms with van der Waals surface area (Å²) in [5.74, 6) is 1.13. The van der Waals surface area contributed by atoms with Crippen LogP contribution in [0.4, 0.5) is 4.79 Å². The SMILES string of the molecule is CC(Oc1ccc(Br)nc1)C1CCN(C(=O)O)CC1. The van der Waals surface area contributed by atoms with Gasteiger partial charge in [0, 0.05) is 13.1 Å². The van der Waals surface area contributed by atoms with E-state index in [4.69, 9.17) is 9.84 Å². The third kappa shape index (κ3) is 3.83. The zero-order valence-electron chi connectivity index (χ0n) is 10.8. The summed E-state index contributed by atoms with van der Waals surface area (Å²) in [5, 5.41) is 8.91. The van der Waals surface area contributed by atoms with Crippen molar-refractivity contribution < 1.29 is 14.6 Å². The molecule has 0 aromatic carbocycles. The first-order chi connectivity index (χ1) is 9.06. The molecule has 1 atom stereocenters. The van der Waals surface area contributed by atoms with Gasteiger partial charge in [0.05, 0.1) is 12.3 Å². The van der Waals surface area contributed by atoms with Gasteiger partial charge >= 0.3 is 6.09 Å². The molecule has 0 radical (unpaired) electrons. The van der Waals surface area contributed by atoms with Gasteiger partial charge in [0.25, 0.3) is 0 Å². The van der Waals surface area contributed by atoms with E-state index < -0.39 is 6.09 Å². The second-order valence-corrected chi connectivity index (χ2v) is 5.56. The highest BCUT2D eigenvalue weighted by molar-refractivity contribution is 9.10. The number of hydrogen-bond acceptors (Lipinski definition) is 3. The molecule has 1 aromatic rings. The van der Waals surface area contributed by atoms with Crippen molar-refractivity contribution in [3.05, 3.63) is 22.9 Å². The number of aromatic nitrogens is 1. The molecule has 2 heterocycles. The molecule has 0 saturated carbocycles. The Kier molecular flexibility index (Phi) is 4.63. The van der Waals surface area contributed by atoms with Crippen molar-refractivity contribution >= 4 is 22.0 Å². The lowest BCUT2D eigenvalue weighted by Crippen LogP contribution is -2.41. The van der Waals surface area contributed by atoms with Crippen molar-refractivity contribution in [1.29, 1.82) is 0 Å². The number of piperidine rings is 1. The molecule has 1 aromatic heterocycles. The molecule has 2 rings (SSSR count). The molecule has 1 unspecified atom stereocenters. The first kappa shape index (κ1) is 14.1. The van der Waals surface area contributed by atoms with Gasteiger partial charge in [-0.05, 0) is 53.7 Å². The summed E-state index contributed by atoms with van der Waals surface area (Å²) in [4.78, 5) is 16.4. The number of amides is 1. The maximum atomic E-state index is 10.8. The van der Waals surface area contributed by atoms with E-state index >= 15 is 0 Å². The van der Waals surface area contributed by atoms with Crippen LogP contribution in [-0.2, 0) is 0 Å². The first-order valence-corrected chi connectivity index (χ1v) is 7.11. The van der Waals surface area contributed by atoms with Gasteiger partial charge in [0.15, 0.2) is 0 Å². The van der Waals surface area contributed by atoms with Gasteiger partial charge in [-0.2, -0.15) is 0 Å². The average Bonchev–Trinajstić information content (AvgIpc) is 2.41. The van der Waals surface area contributed by atoms with Crippen LogP contribution in [0.5, 0.6) is 5.75 Å². The molecule has 1 saturated heterocycles. The Balaban J connectivity index is 1.86. The maximum absolute atomic E-state index is 10.8. The minimum Gasteiger partial charge on any atom is -0.489 e. The van der Waals surface area contributed by atoms with Crippen LogP contribution in [0.25, 0.3) is 0 Å². The van der Waals surface area contributed by atoms with Crippen LogP contribution < -0.4 is 4.74 Å². The Labute approximate surface area is 120 Å². The number of carbonyl (C=O) groups is 1. The molecule has 19 heavy (non-hydrogen) atoms. The number of hydrogen-bond donors (Lipinski definition) is 1. The van der Waals surface area contributed by atoms with Crippen molar-refractivity contribution in [3.63, 3.8) is 0 Å². The van der Waals surface area contributed by atoms with E-state index in [0.29, 0.717) is 19.0 Å². The van der Waals surface area contributed by atoms with E-state index in [1.54, 1.807) is 6.20 Å². The van der Waals surface area contributed by atoms with Crippen LogP contribution in [-0.4, -0.2) is 40.3 Å². The zero-order valence-corrected chi connectivity index (χ0v) is 12.3. The third-order valence-electron chi connectivity index (χ3n) is 3.50. The molecule has 0 spiro atoms. The van der Waals surface area contributed by atoms with E-state index in [-0.39, 0.29) is 6.10 Å². The molecule has 1 N–H and O–H groups in total. The topological polar surface area (TPSA) is 62.7 Å². The van der Waals surface area contributed by atoms with E-state index in [0.717, 1.165) is 23.2 Å². The number of nitrogens with zero attached hydrogens (tertiary/aromatic N) is 2. The van der Waals surface area contributed by atoms with Crippen LogP contribution in [0.1, 0.15) is 19.8 Å². The highest BCUT2D eigenvalue weighted by atomic mass is 79.9.